The van der Waals surface area contributed by atoms with Gasteiger partial charge in [-0.15, -0.1) is 0 Å². The van der Waals surface area contributed by atoms with E-state index < -0.39 is 0 Å². The van der Waals surface area contributed by atoms with Crippen LogP contribution in [-0.4, -0.2) is 4.98 Å². The number of benzene rings is 2. The van der Waals surface area contributed by atoms with E-state index >= 15 is 0 Å². The molecule has 1 unspecified atom stereocenters. The fourth-order valence-electron chi connectivity index (χ4n) is 2.57. The Bertz CT molecular complexity index is 729. The van der Waals surface area contributed by atoms with E-state index in [1.807, 2.05) is 12.3 Å². The zero-order chi connectivity index (χ0) is 13.9. The third kappa shape index (κ3) is 2.56. The molecular formula is C18H18N2. The van der Waals surface area contributed by atoms with Gasteiger partial charge in [0.15, 0.2) is 0 Å². The summed E-state index contributed by atoms with van der Waals surface area (Å²) in [6.07, 6.45) is 2.63. The third-order valence-electron chi connectivity index (χ3n) is 3.64. The molecule has 0 saturated carbocycles. The molecule has 0 aliphatic carbocycles. The van der Waals surface area contributed by atoms with Gasteiger partial charge in [0.2, 0.25) is 0 Å². The second kappa shape index (κ2) is 5.43. The number of pyridine rings is 1. The first kappa shape index (κ1) is 12.8. The van der Waals surface area contributed by atoms with Gasteiger partial charge in [-0.05, 0) is 47.4 Å². The molecule has 2 N–H and O–H groups in total. The van der Waals surface area contributed by atoms with Crippen molar-refractivity contribution in [3.8, 4) is 0 Å². The summed E-state index contributed by atoms with van der Waals surface area (Å²) in [4.78, 5) is 4.39. The number of nitrogens with two attached hydrogens (primary N) is 1. The molecular weight excluding hydrogens is 244 g/mol. The van der Waals surface area contributed by atoms with Crippen LogP contribution in [0.25, 0.3) is 10.8 Å². The van der Waals surface area contributed by atoms with Crippen molar-refractivity contribution in [2.24, 2.45) is 5.73 Å². The quantitative estimate of drug-likeness (QED) is 0.780. The molecule has 3 aromatic rings. The monoisotopic (exact) mass is 262 g/mol. The predicted octanol–water partition coefficient (Wildman–Crippen LogP) is 3.79. The van der Waals surface area contributed by atoms with Gasteiger partial charge < -0.3 is 5.73 Å². The van der Waals surface area contributed by atoms with Crippen LogP contribution in [0.4, 0.5) is 0 Å². The van der Waals surface area contributed by atoms with E-state index in [1.54, 1.807) is 0 Å². The van der Waals surface area contributed by atoms with Crippen LogP contribution in [0, 0.1) is 6.92 Å². The van der Waals surface area contributed by atoms with Gasteiger partial charge in [-0.3, -0.25) is 4.98 Å². The number of hydrogen-bond donors (Lipinski definition) is 1. The van der Waals surface area contributed by atoms with Crippen LogP contribution in [0.3, 0.4) is 0 Å². The molecule has 0 bridgehead atoms. The number of nitrogens with zero attached hydrogens (tertiary/aromatic N) is 1. The molecule has 0 radical (unpaired) electrons. The van der Waals surface area contributed by atoms with Crippen molar-refractivity contribution in [2.45, 2.75) is 19.4 Å². The normalized spacial score (nSPS) is 12.5. The standard InChI is InChI=1S/C18H18N2/c1-13-9-10-20-18(11-13)17(19)12-15-7-4-6-14-5-2-3-8-16(14)15/h2-11,17H,12,19H2,1H3. The van der Waals surface area contributed by atoms with Crippen molar-refractivity contribution in [1.29, 1.82) is 0 Å². The lowest BCUT2D eigenvalue weighted by molar-refractivity contribution is 0.698. The highest BCUT2D eigenvalue weighted by Crippen LogP contribution is 2.23. The van der Waals surface area contributed by atoms with Crippen molar-refractivity contribution in [3.05, 3.63) is 77.6 Å². The van der Waals surface area contributed by atoms with Gasteiger partial charge in [0.1, 0.15) is 0 Å². The smallest absolute Gasteiger partial charge is 0.0577 e. The molecule has 0 fully saturated rings. The molecule has 1 aromatic heterocycles. The molecule has 2 nitrogen and oxygen atoms in total. The van der Waals surface area contributed by atoms with Gasteiger partial charge in [0.05, 0.1) is 11.7 Å². The zero-order valence-corrected chi connectivity index (χ0v) is 11.6. The van der Waals surface area contributed by atoms with Gasteiger partial charge in [-0.2, -0.15) is 0 Å². The van der Waals surface area contributed by atoms with Crippen LogP contribution in [0.5, 0.6) is 0 Å². The van der Waals surface area contributed by atoms with Crippen molar-refractivity contribution < 1.29 is 0 Å². The fraction of sp³-hybridized carbons (Fsp3) is 0.167. The Morgan fingerprint density at radius 2 is 1.85 bits per heavy atom. The molecule has 20 heavy (non-hydrogen) atoms. The molecule has 2 aromatic carbocycles. The van der Waals surface area contributed by atoms with Crippen LogP contribution >= 0.6 is 0 Å². The van der Waals surface area contributed by atoms with Gasteiger partial charge in [-0.1, -0.05) is 42.5 Å². The van der Waals surface area contributed by atoms with E-state index in [-0.39, 0.29) is 6.04 Å². The van der Waals surface area contributed by atoms with Crippen LogP contribution in [0.1, 0.15) is 22.9 Å². The molecule has 1 atom stereocenters. The summed E-state index contributed by atoms with van der Waals surface area (Å²) in [7, 11) is 0. The maximum Gasteiger partial charge on any atom is 0.0577 e. The summed E-state index contributed by atoms with van der Waals surface area (Å²) in [5, 5.41) is 2.53. The van der Waals surface area contributed by atoms with Crippen molar-refractivity contribution in [3.63, 3.8) is 0 Å². The summed E-state index contributed by atoms with van der Waals surface area (Å²) >= 11 is 0. The number of fused-ring (bicyclic) bond motifs is 1. The minimum atomic E-state index is -0.0688. The predicted molar refractivity (Wildman–Crippen MR) is 83.6 cm³/mol. The highest BCUT2D eigenvalue weighted by Gasteiger charge is 2.10. The first-order valence-corrected chi connectivity index (χ1v) is 6.89. The number of rotatable bonds is 3. The van der Waals surface area contributed by atoms with Crippen LogP contribution < -0.4 is 5.73 Å². The Balaban J connectivity index is 1.93. The minimum Gasteiger partial charge on any atom is -0.322 e. The lowest BCUT2D eigenvalue weighted by atomic mass is 9.97. The van der Waals surface area contributed by atoms with Crippen LogP contribution in [0.2, 0.25) is 0 Å². The van der Waals surface area contributed by atoms with E-state index in [4.69, 9.17) is 5.73 Å². The Morgan fingerprint density at radius 1 is 1.05 bits per heavy atom. The minimum absolute atomic E-state index is 0.0688. The van der Waals surface area contributed by atoms with E-state index in [9.17, 15) is 0 Å². The summed E-state index contributed by atoms with van der Waals surface area (Å²) in [5.74, 6) is 0. The average molecular weight is 262 g/mol. The third-order valence-corrected chi connectivity index (χ3v) is 3.64. The first-order valence-electron chi connectivity index (χ1n) is 6.89. The van der Waals surface area contributed by atoms with Crippen molar-refractivity contribution in [2.75, 3.05) is 0 Å². The molecule has 1 heterocycles. The molecule has 100 valence electrons. The first-order chi connectivity index (χ1) is 9.74. The second-order valence-corrected chi connectivity index (χ2v) is 5.21. The van der Waals surface area contributed by atoms with Crippen molar-refractivity contribution in [1.82, 2.24) is 4.98 Å². The highest BCUT2D eigenvalue weighted by molar-refractivity contribution is 5.85. The maximum atomic E-state index is 6.32. The number of aromatic nitrogens is 1. The fourth-order valence-corrected chi connectivity index (χ4v) is 2.57. The van der Waals surface area contributed by atoms with E-state index in [1.165, 1.54) is 21.9 Å². The van der Waals surface area contributed by atoms with E-state index in [0.29, 0.717) is 0 Å². The molecule has 0 aliphatic rings. The maximum absolute atomic E-state index is 6.32. The van der Waals surface area contributed by atoms with Crippen molar-refractivity contribution >= 4 is 10.8 Å². The van der Waals surface area contributed by atoms with Gasteiger partial charge in [0.25, 0.3) is 0 Å². The van der Waals surface area contributed by atoms with Gasteiger partial charge in [0, 0.05) is 6.20 Å². The number of hydrogen-bond acceptors (Lipinski definition) is 2. The topological polar surface area (TPSA) is 38.9 Å². The molecule has 0 spiro atoms. The summed E-state index contributed by atoms with van der Waals surface area (Å²) < 4.78 is 0. The molecule has 0 saturated heterocycles. The van der Waals surface area contributed by atoms with Crippen LogP contribution in [0.15, 0.2) is 60.8 Å². The Labute approximate surface area is 119 Å². The summed E-state index contributed by atoms with van der Waals surface area (Å²) in [5.41, 5.74) is 9.76. The van der Waals surface area contributed by atoms with Gasteiger partial charge >= 0.3 is 0 Å². The molecule has 2 heteroatoms. The zero-order valence-electron chi connectivity index (χ0n) is 11.6. The largest absolute Gasteiger partial charge is 0.322 e. The Morgan fingerprint density at radius 3 is 2.70 bits per heavy atom. The van der Waals surface area contributed by atoms with Gasteiger partial charge in [-0.25, -0.2) is 0 Å². The lowest BCUT2D eigenvalue weighted by Crippen LogP contribution is -2.15. The molecule has 0 amide bonds. The SMILES string of the molecule is Cc1ccnc(C(N)Cc2cccc3ccccc23)c1. The molecule has 3 rings (SSSR count). The van der Waals surface area contributed by atoms with E-state index in [2.05, 4.69) is 60.4 Å². The van der Waals surface area contributed by atoms with Crippen LogP contribution in [-0.2, 0) is 6.42 Å². The number of aryl methyl sites for hydroxylation is 1. The average Bonchev–Trinajstić information content (AvgIpc) is 2.47. The Hall–Kier alpha value is -2.19. The molecule has 0 aliphatic heterocycles. The Kier molecular flexibility index (Phi) is 3.48. The lowest BCUT2D eigenvalue weighted by Gasteiger charge is -2.13. The summed E-state index contributed by atoms with van der Waals surface area (Å²) in [6, 6.07) is 18.8. The second-order valence-electron chi connectivity index (χ2n) is 5.21. The van der Waals surface area contributed by atoms with E-state index in [0.717, 1.165) is 12.1 Å². The highest BCUT2D eigenvalue weighted by atomic mass is 14.8. The summed E-state index contributed by atoms with van der Waals surface area (Å²) in [6.45, 7) is 2.07.